The second-order valence-electron chi connectivity index (χ2n) is 2.85. The van der Waals surface area contributed by atoms with Crippen LogP contribution in [0.5, 0.6) is 5.75 Å². The molecular weight excluding hydrogens is 322 g/mol. The zero-order chi connectivity index (χ0) is 11.1. The average molecular weight is 334 g/mol. The molecule has 1 rings (SSSR count). The molecule has 15 heavy (non-hydrogen) atoms. The van der Waals surface area contributed by atoms with Gasteiger partial charge in [-0.2, -0.15) is 0 Å². The van der Waals surface area contributed by atoms with Crippen molar-refractivity contribution in [3.8, 4) is 17.6 Å². The molecule has 0 aromatic heterocycles. The zero-order valence-corrected chi connectivity index (χ0v) is 11.8. The summed E-state index contributed by atoms with van der Waals surface area (Å²) in [5.74, 6) is 6.89. The highest BCUT2D eigenvalue weighted by molar-refractivity contribution is 14.2. The van der Waals surface area contributed by atoms with Crippen molar-refractivity contribution in [3.05, 3.63) is 29.3 Å². The molecule has 0 N–H and O–H groups in total. The number of hydrogen-bond donors (Lipinski definition) is 0. The maximum Gasteiger partial charge on any atom is 0.121 e. The summed E-state index contributed by atoms with van der Waals surface area (Å²) in [4.78, 5) is 0. The van der Waals surface area contributed by atoms with Crippen LogP contribution in [0.15, 0.2) is 18.2 Å². The van der Waals surface area contributed by atoms with E-state index in [0.29, 0.717) is 13.1 Å². The number of hydrogen-bond acceptors (Lipinski definition) is 2. The third-order valence-electron chi connectivity index (χ3n) is 1.83. The van der Waals surface area contributed by atoms with E-state index in [2.05, 4.69) is 33.9 Å². The average Bonchev–Trinajstić information content (AvgIpc) is 2.25. The molecule has 0 spiro atoms. The Kier molecular flexibility index (Phi) is 6.00. The first kappa shape index (κ1) is 12.8. The lowest BCUT2D eigenvalue weighted by atomic mass is 10.1. The maximum absolute atomic E-state index is 5.17. The molecule has 1 atom stereocenters. The van der Waals surface area contributed by atoms with Gasteiger partial charge in [0.15, 0.2) is 0 Å². The molecular formula is C11H12IO2P. The van der Waals surface area contributed by atoms with Crippen LogP contribution < -0.4 is 4.74 Å². The summed E-state index contributed by atoms with van der Waals surface area (Å²) < 4.78 is 10.3. The van der Waals surface area contributed by atoms with Crippen molar-refractivity contribution < 1.29 is 9.26 Å². The van der Waals surface area contributed by atoms with Gasteiger partial charge in [-0.15, -0.1) is 0 Å². The molecule has 1 unspecified atom stereocenters. The summed E-state index contributed by atoms with van der Waals surface area (Å²) in [5, 5.41) is 0. The van der Waals surface area contributed by atoms with Crippen LogP contribution in [0.1, 0.15) is 11.1 Å². The molecule has 0 heterocycles. The molecule has 1 aromatic carbocycles. The molecule has 4 heteroatoms. The number of ether oxygens (including phenoxy) is 1. The summed E-state index contributed by atoms with van der Waals surface area (Å²) in [6, 6.07) is 5.89. The Morgan fingerprint density at radius 3 is 2.87 bits per heavy atom. The molecule has 80 valence electrons. The van der Waals surface area contributed by atoms with Crippen LogP contribution in [-0.2, 0) is 4.52 Å². The largest absolute Gasteiger partial charge is 0.496 e. The lowest BCUT2D eigenvalue weighted by Gasteiger charge is -2.03. The van der Waals surface area contributed by atoms with Gasteiger partial charge in [-0.1, -0.05) is 11.8 Å². The van der Waals surface area contributed by atoms with E-state index in [1.165, 1.54) is 0 Å². The van der Waals surface area contributed by atoms with E-state index in [4.69, 9.17) is 9.26 Å². The van der Waals surface area contributed by atoms with Gasteiger partial charge < -0.3 is 9.26 Å². The van der Waals surface area contributed by atoms with E-state index in [9.17, 15) is 0 Å². The topological polar surface area (TPSA) is 18.5 Å². The number of halogens is 1. The van der Waals surface area contributed by atoms with E-state index in [1.807, 2.05) is 25.1 Å². The number of rotatable bonds is 3. The second-order valence-corrected chi connectivity index (χ2v) is 4.62. The normalized spacial score (nSPS) is 10.1. The van der Waals surface area contributed by atoms with Crippen LogP contribution in [-0.4, -0.2) is 13.7 Å². The third-order valence-corrected chi connectivity index (χ3v) is 3.01. The standard InChI is InChI=1S/C11H12IO2P/c1-9-8-10(4-3-7-14-15-12)5-6-11(9)13-2/h5-6,8,15H,7H2,1-2H3. The molecule has 0 aliphatic carbocycles. The van der Waals surface area contributed by atoms with Gasteiger partial charge in [0, 0.05) is 5.56 Å². The predicted octanol–water partition coefficient (Wildman–Crippen LogP) is 3.32. The Labute approximate surface area is 105 Å². The van der Waals surface area contributed by atoms with Gasteiger partial charge in [0.25, 0.3) is 0 Å². The van der Waals surface area contributed by atoms with Crippen LogP contribution in [0.25, 0.3) is 0 Å². The minimum absolute atomic E-state index is 0.468. The Hall–Kier alpha value is -0.300. The molecule has 0 radical (unpaired) electrons. The monoisotopic (exact) mass is 334 g/mol. The van der Waals surface area contributed by atoms with Crippen molar-refractivity contribution in [2.24, 2.45) is 0 Å². The maximum atomic E-state index is 5.17. The Morgan fingerprint density at radius 1 is 1.47 bits per heavy atom. The molecule has 0 bridgehead atoms. The number of methoxy groups -OCH3 is 1. The summed E-state index contributed by atoms with van der Waals surface area (Å²) in [6.45, 7) is 2.97. The van der Waals surface area contributed by atoms with E-state index >= 15 is 0 Å². The molecule has 0 amide bonds. The summed E-state index contributed by atoms with van der Waals surface area (Å²) in [6.07, 6.45) is 0. The summed E-state index contributed by atoms with van der Waals surface area (Å²) in [7, 11) is 1.67. The van der Waals surface area contributed by atoms with Gasteiger partial charge in [0.05, 0.1) is 13.6 Å². The highest BCUT2D eigenvalue weighted by Crippen LogP contribution is 2.21. The summed E-state index contributed by atoms with van der Waals surface area (Å²) in [5.41, 5.74) is 2.09. The smallest absolute Gasteiger partial charge is 0.121 e. The Balaban J connectivity index is 2.69. The molecule has 0 aliphatic heterocycles. The van der Waals surface area contributed by atoms with Crippen LogP contribution in [0.4, 0.5) is 0 Å². The molecule has 2 nitrogen and oxygen atoms in total. The minimum atomic E-state index is 0.468. The van der Waals surface area contributed by atoms with Gasteiger partial charge in [-0.05, 0) is 52.7 Å². The van der Waals surface area contributed by atoms with Crippen LogP contribution >= 0.6 is 28.5 Å². The lowest BCUT2D eigenvalue weighted by molar-refractivity contribution is 0.411. The lowest BCUT2D eigenvalue weighted by Crippen LogP contribution is -1.87. The third kappa shape index (κ3) is 4.38. The molecule has 1 aromatic rings. The first-order valence-corrected chi connectivity index (χ1v) is 8.41. The fourth-order valence-electron chi connectivity index (χ4n) is 1.16. The van der Waals surface area contributed by atoms with E-state index in [-0.39, 0.29) is 0 Å². The van der Waals surface area contributed by atoms with E-state index < -0.39 is 0 Å². The minimum Gasteiger partial charge on any atom is -0.496 e. The molecule has 0 saturated heterocycles. The SMILES string of the molecule is COc1ccc(C#CCOPI)cc1C. The van der Waals surface area contributed by atoms with Crippen LogP contribution in [0.3, 0.4) is 0 Å². The van der Waals surface area contributed by atoms with E-state index in [0.717, 1.165) is 16.9 Å². The Morgan fingerprint density at radius 2 is 2.27 bits per heavy atom. The van der Waals surface area contributed by atoms with Gasteiger partial charge in [-0.25, -0.2) is 0 Å². The van der Waals surface area contributed by atoms with Crippen LogP contribution in [0.2, 0.25) is 0 Å². The van der Waals surface area contributed by atoms with E-state index in [1.54, 1.807) is 7.11 Å². The van der Waals surface area contributed by atoms with Crippen molar-refractivity contribution in [1.82, 2.24) is 0 Å². The van der Waals surface area contributed by atoms with Crippen LogP contribution in [0, 0.1) is 18.8 Å². The fourth-order valence-corrected chi connectivity index (χ4v) is 1.75. The quantitative estimate of drug-likeness (QED) is 0.365. The van der Waals surface area contributed by atoms with Crippen molar-refractivity contribution in [2.45, 2.75) is 6.92 Å². The first-order valence-electron chi connectivity index (χ1n) is 4.39. The van der Waals surface area contributed by atoms with Gasteiger partial charge in [-0.3, -0.25) is 0 Å². The summed E-state index contributed by atoms with van der Waals surface area (Å²) >= 11 is 2.18. The van der Waals surface area contributed by atoms with Crippen molar-refractivity contribution in [3.63, 3.8) is 0 Å². The fraction of sp³-hybridized carbons (Fsp3) is 0.273. The molecule has 0 fully saturated rings. The molecule has 0 saturated carbocycles. The predicted molar refractivity (Wildman–Crippen MR) is 72.9 cm³/mol. The van der Waals surface area contributed by atoms with Gasteiger partial charge >= 0.3 is 0 Å². The first-order chi connectivity index (χ1) is 7.27. The highest BCUT2D eigenvalue weighted by Gasteiger charge is 1.96. The second kappa shape index (κ2) is 7.05. The number of aryl methyl sites for hydroxylation is 1. The van der Waals surface area contributed by atoms with Gasteiger partial charge in [0.2, 0.25) is 0 Å². The number of benzene rings is 1. The Bertz CT molecular complexity index is 382. The van der Waals surface area contributed by atoms with Crippen molar-refractivity contribution >= 4 is 28.5 Å². The van der Waals surface area contributed by atoms with Crippen molar-refractivity contribution in [2.75, 3.05) is 13.7 Å². The molecule has 0 aliphatic rings. The van der Waals surface area contributed by atoms with Gasteiger partial charge in [0.1, 0.15) is 12.4 Å². The zero-order valence-electron chi connectivity index (χ0n) is 8.63. The highest BCUT2D eigenvalue weighted by atomic mass is 127. The van der Waals surface area contributed by atoms with Crippen molar-refractivity contribution in [1.29, 1.82) is 0 Å².